The lowest BCUT2D eigenvalue weighted by atomic mass is 9.77. The van der Waals surface area contributed by atoms with Crippen LogP contribution < -0.4 is 11.5 Å². The van der Waals surface area contributed by atoms with E-state index in [4.69, 9.17) is 11.5 Å². The van der Waals surface area contributed by atoms with E-state index in [0.29, 0.717) is 5.92 Å². The Hall–Kier alpha value is -1.96. The fraction of sp³-hybridized carbons (Fsp3) is 0.333. The molecule has 0 fully saturated rings. The van der Waals surface area contributed by atoms with Gasteiger partial charge in [-0.05, 0) is 40.8 Å². The predicted octanol–water partition coefficient (Wildman–Crippen LogP) is 4.30. The van der Waals surface area contributed by atoms with Crippen molar-refractivity contribution in [3.8, 4) is 0 Å². The zero-order valence-corrected chi connectivity index (χ0v) is 12.8. The monoisotopic (exact) mass is 268 g/mol. The second-order valence-electron chi connectivity index (χ2n) is 6.25. The average Bonchev–Trinajstić information content (AvgIpc) is 2.38. The van der Waals surface area contributed by atoms with Crippen molar-refractivity contribution in [1.82, 2.24) is 0 Å². The number of benzene rings is 2. The van der Waals surface area contributed by atoms with Gasteiger partial charge in [0.15, 0.2) is 0 Å². The Balaban J connectivity index is 2.47. The Morgan fingerprint density at radius 2 is 1.55 bits per heavy atom. The van der Waals surface area contributed by atoms with Gasteiger partial charge in [0.05, 0.1) is 0 Å². The van der Waals surface area contributed by atoms with Crippen LogP contribution in [0.25, 0.3) is 0 Å². The van der Waals surface area contributed by atoms with E-state index >= 15 is 0 Å². The molecule has 0 heterocycles. The van der Waals surface area contributed by atoms with Crippen LogP contribution in [0.5, 0.6) is 0 Å². The molecule has 0 unspecified atom stereocenters. The average molecular weight is 268 g/mol. The molecule has 2 nitrogen and oxygen atoms in total. The molecule has 20 heavy (non-hydrogen) atoms. The molecule has 0 atom stereocenters. The first kappa shape index (κ1) is 14.4. The first-order valence-electron chi connectivity index (χ1n) is 7.08. The van der Waals surface area contributed by atoms with E-state index in [0.717, 1.165) is 11.4 Å². The summed E-state index contributed by atoms with van der Waals surface area (Å²) in [6, 6.07) is 14.5. The van der Waals surface area contributed by atoms with Gasteiger partial charge in [0, 0.05) is 16.8 Å². The summed E-state index contributed by atoms with van der Waals surface area (Å²) in [5.74, 6) is 0.444. The minimum atomic E-state index is -0.112. The predicted molar refractivity (Wildman–Crippen MR) is 87.9 cm³/mol. The van der Waals surface area contributed by atoms with Gasteiger partial charge in [-0.15, -0.1) is 0 Å². The molecule has 0 radical (unpaired) electrons. The molecular formula is C18H24N2. The van der Waals surface area contributed by atoms with E-state index in [1.807, 2.05) is 18.2 Å². The third-order valence-corrected chi connectivity index (χ3v) is 4.04. The van der Waals surface area contributed by atoms with Gasteiger partial charge in [0.1, 0.15) is 0 Å². The molecule has 106 valence electrons. The molecule has 0 spiro atoms. The summed E-state index contributed by atoms with van der Waals surface area (Å²) in [4.78, 5) is 0. The van der Waals surface area contributed by atoms with E-state index < -0.39 is 0 Å². The SMILES string of the molecule is CC(C)c1ccc(C(C)(C)c2cccc(N)c2)cc1N. The number of hydrogen-bond donors (Lipinski definition) is 2. The molecule has 0 aliphatic rings. The van der Waals surface area contributed by atoms with Gasteiger partial charge in [0.25, 0.3) is 0 Å². The lowest BCUT2D eigenvalue weighted by Gasteiger charge is -2.27. The summed E-state index contributed by atoms with van der Waals surface area (Å²) in [6.45, 7) is 8.72. The second-order valence-corrected chi connectivity index (χ2v) is 6.25. The van der Waals surface area contributed by atoms with Crippen LogP contribution in [-0.4, -0.2) is 0 Å². The number of anilines is 2. The van der Waals surface area contributed by atoms with Crippen LogP contribution >= 0.6 is 0 Å². The Kier molecular flexibility index (Phi) is 3.76. The van der Waals surface area contributed by atoms with Gasteiger partial charge < -0.3 is 11.5 Å². The van der Waals surface area contributed by atoms with Gasteiger partial charge in [-0.2, -0.15) is 0 Å². The first-order valence-corrected chi connectivity index (χ1v) is 7.08. The summed E-state index contributed by atoms with van der Waals surface area (Å²) in [6.07, 6.45) is 0. The number of hydrogen-bond acceptors (Lipinski definition) is 2. The Morgan fingerprint density at radius 3 is 2.10 bits per heavy atom. The zero-order chi connectivity index (χ0) is 14.9. The molecule has 2 aromatic rings. The smallest absolute Gasteiger partial charge is 0.0352 e. The maximum Gasteiger partial charge on any atom is 0.0352 e. The van der Waals surface area contributed by atoms with Gasteiger partial charge in [-0.1, -0.05) is 52.0 Å². The lowest BCUT2D eigenvalue weighted by molar-refractivity contribution is 0.640. The topological polar surface area (TPSA) is 52.0 Å². The van der Waals surface area contributed by atoms with Crippen molar-refractivity contribution in [1.29, 1.82) is 0 Å². The minimum absolute atomic E-state index is 0.112. The van der Waals surface area contributed by atoms with Crippen LogP contribution in [-0.2, 0) is 5.41 Å². The summed E-state index contributed by atoms with van der Waals surface area (Å²) >= 11 is 0. The maximum absolute atomic E-state index is 6.20. The van der Waals surface area contributed by atoms with Gasteiger partial charge in [0.2, 0.25) is 0 Å². The highest BCUT2D eigenvalue weighted by atomic mass is 14.6. The Morgan fingerprint density at radius 1 is 0.900 bits per heavy atom. The summed E-state index contributed by atoms with van der Waals surface area (Å²) in [7, 11) is 0. The zero-order valence-electron chi connectivity index (χ0n) is 12.8. The summed E-state index contributed by atoms with van der Waals surface area (Å²) in [5, 5.41) is 0. The largest absolute Gasteiger partial charge is 0.399 e. The molecule has 0 saturated heterocycles. The van der Waals surface area contributed by atoms with Crippen molar-refractivity contribution >= 4 is 11.4 Å². The molecule has 4 N–H and O–H groups in total. The lowest BCUT2D eigenvalue weighted by Crippen LogP contribution is -2.19. The highest BCUT2D eigenvalue weighted by Crippen LogP contribution is 2.35. The standard InChI is InChI=1S/C18H24N2/c1-12(2)16-9-8-14(11-17(16)20)18(3,4)13-6-5-7-15(19)10-13/h5-12H,19-20H2,1-4H3. The molecule has 2 heteroatoms. The summed E-state index contributed by atoms with van der Waals surface area (Å²) in [5.41, 5.74) is 17.3. The molecule has 2 rings (SSSR count). The van der Waals surface area contributed by atoms with E-state index in [1.54, 1.807) is 0 Å². The van der Waals surface area contributed by atoms with Crippen LogP contribution in [0.4, 0.5) is 11.4 Å². The number of nitrogen functional groups attached to an aromatic ring is 2. The van der Waals surface area contributed by atoms with Crippen molar-refractivity contribution < 1.29 is 0 Å². The molecular weight excluding hydrogens is 244 g/mol. The molecule has 0 saturated carbocycles. The first-order chi connectivity index (χ1) is 9.32. The van der Waals surface area contributed by atoms with Gasteiger partial charge in [-0.3, -0.25) is 0 Å². The van der Waals surface area contributed by atoms with Crippen molar-refractivity contribution in [2.75, 3.05) is 11.5 Å². The van der Waals surface area contributed by atoms with Crippen molar-refractivity contribution in [2.45, 2.75) is 39.0 Å². The summed E-state index contributed by atoms with van der Waals surface area (Å²) < 4.78 is 0. The van der Waals surface area contributed by atoms with Crippen LogP contribution in [0.1, 0.15) is 50.3 Å². The van der Waals surface area contributed by atoms with E-state index in [9.17, 15) is 0 Å². The Labute approximate surface area is 121 Å². The molecule has 0 bridgehead atoms. The molecule has 0 aromatic heterocycles. The van der Waals surface area contributed by atoms with Crippen LogP contribution in [0.15, 0.2) is 42.5 Å². The van der Waals surface area contributed by atoms with Crippen molar-refractivity contribution in [2.24, 2.45) is 0 Å². The molecule has 0 aliphatic heterocycles. The maximum atomic E-state index is 6.20. The third-order valence-electron chi connectivity index (χ3n) is 4.04. The van der Waals surface area contributed by atoms with Crippen LogP contribution in [0.3, 0.4) is 0 Å². The fourth-order valence-electron chi connectivity index (χ4n) is 2.58. The quantitative estimate of drug-likeness (QED) is 0.815. The molecule has 0 aliphatic carbocycles. The van der Waals surface area contributed by atoms with Gasteiger partial charge in [-0.25, -0.2) is 0 Å². The third kappa shape index (κ3) is 2.64. The minimum Gasteiger partial charge on any atom is -0.399 e. The highest BCUT2D eigenvalue weighted by molar-refractivity contribution is 5.55. The molecule has 2 aromatic carbocycles. The number of nitrogens with two attached hydrogens (primary N) is 2. The van der Waals surface area contributed by atoms with E-state index in [1.165, 1.54) is 16.7 Å². The molecule has 0 amide bonds. The Bertz CT molecular complexity index is 613. The van der Waals surface area contributed by atoms with Gasteiger partial charge >= 0.3 is 0 Å². The van der Waals surface area contributed by atoms with E-state index in [-0.39, 0.29) is 5.41 Å². The van der Waals surface area contributed by atoms with Crippen molar-refractivity contribution in [3.05, 3.63) is 59.2 Å². The highest BCUT2D eigenvalue weighted by Gasteiger charge is 2.24. The van der Waals surface area contributed by atoms with Crippen LogP contribution in [0.2, 0.25) is 0 Å². The van der Waals surface area contributed by atoms with Crippen LogP contribution in [0, 0.1) is 0 Å². The van der Waals surface area contributed by atoms with E-state index in [2.05, 4.69) is 52.0 Å². The van der Waals surface area contributed by atoms with Crippen molar-refractivity contribution in [3.63, 3.8) is 0 Å². The normalized spacial score (nSPS) is 11.8. The number of rotatable bonds is 3. The second kappa shape index (κ2) is 5.20. The fourth-order valence-corrected chi connectivity index (χ4v) is 2.58.